The van der Waals surface area contributed by atoms with E-state index in [9.17, 15) is 10.1 Å². The normalized spacial score (nSPS) is 13.5. The summed E-state index contributed by atoms with van der Waals surface area (Å²) in [6.45, 7) is 5.00. The standard InChI is InChI=1S/C19H20N4O2/c1-13(2)15-5-3-14(4-6-15)12-22(16-7-8-16)19-10-9-18(23(24)25)17(11-20)21-19/h3-6,9-10,13,16H,7-8,12H2,1-2H3. The number of nitro groups is 1. The highest BCUT2D eigenvalue weighted by atomic mass is 16.6. The van der Waals surface area contributed by atoms with Gasteiger partial charge in [-0.15, -0.1) is 0 Å². The molecule has 0 aliphatic heterocycles. The number of benzene rings is 1. The third kappa shape index (κ3) is 3.77. The Morgan fingerprint density at radius 2 is 1.96 bits per heavy atom. The van der Waals surface area contributed by atoms with E-state index in [-0.39, 0.29) is 11.4 Å². The zero-order valence-corrected chi connectivity index (χ0v) is 14.3. The van der Waals surface area contributed by atoms with Gasteiger partial charge in [0.15, 0.2) is 0 Å². The summed E-state index contributed by atoms with van der Waals surface area (Å²) < 4.78 is 0. The maximum atomic E-state index is 11.0. The largest absolute Gasteiger partial charge is 0.349 e. The highest BCUT2D eigenvalue weighted by Crippen LogP contribution is 2.33. The molecule has 0 atom stereocenters. The van der Waals surface area contributed by atoms with E-state index >= 15 is 0 Å². The first-order valence-electron chi connectivity index (χ1n) is 8.40. The lowest BCUT2D eigenvalue weighted by molar-refractivity contribution is -0.385. The molecule has 0 bridgehead atoms. The molecule has 1 aromatic heterocycles. The molecule has 3 rings (SSSR count). The predicted octanol–water partition coefficient (Wildman–Crippen LogP) is 4.15. The van der Waals surface area contributed by atoms with Crippen molar-refractivity contribution in [2.24, 2.45) is 0 Å². The lowest BCUT2D eigenvalue weighted by Gasteiger charge is -2.24. The fraction of sp³-hybridized carbons (Fsp3) is 0.368. The quantitative estimate of drug-likeness (QED) is 0.584. The van der Waals surface area contributed by atoms with Gasteiger partial charge >= 0.3 is 5.69 Å². The van der Waals surface area contributed by atoms with Crippen LogP contribution in [-0.2, 0) is 6.54 Å². The van der Waals surface area contributed by atoms with E-state index in [0.29, 0.717) is 24.3 Å². The maximum Gasteiger partial charge on any atom is 0.305 e. The lowest BCUT2D eigenvalue weighted by atomic mass is 10.0. The summed E-state index contributed by atoms with van der Waals surface area (Å²) in [4.78, 5) is 16.8. The molecule has 1 heterocycles. The van der Waals surface area contributed by atoms with Crippen molar-refractivity contribution in [3.63, 3.8) is 0 Å². The second kappa shape index (κ2) is 6.89. The van der Waals surface area contributed by atoms with Gasteiger partial charge in [-0.2, -0.15) is 5.26 Å². The molecule has 2 aromatic rings. The monoisotopic (exact) mass is 336 g/mol. The Balaban J connectivity index is 1.87. The topological polar surface area (TPSA) is 83.1 Å². The van der Waals surface area contributed by atoms with Crippen LogP contribution < -0.4 is 4.90 Å². The first kappa shape index (κ1) is 16.9. The van der Waals surface area contributed by atoms with Gasteiger partial charge < -0.3 is 4.90 Å². The van der Waals surface area contributed by atoms with Crippen LogP contribution in [0.2, 0.25) is 0 Å². The van der Waals surface area contributed by atoms with Crippen molar-refractivity contribution in [2.45, 2.75) is 45.2 Å². The SMILES string of the molecule is CC(C)c1ccc(CN(c2ccc([N+](=O)[O-])c(C#N)n2)C2CC2)cc1. The third-order valence-electron chi connectivity index (χ3n) is 4.44. The first-order chi connectivity index (χ1) is 12.0. The smallest absolute Gasteiger partial charge is 0.305 e. The Bertz CT molecular complexity index is 820. The Kier molecular flexibility index (Phi) is 4.66. The number of pyridine rings is 1. The minimum atomic E-state index is -0.568. The molecule has 1 aliphatic rings. The Labute approximate surface area is 146 Å². The number of rotatable bonds is 6. The molecule has 0 radical (unpaired) electrons. The average Bonchev–Trinajstić information content (AvgIpc) is 3.44. The molecule has 128 valence electrons. The third-order valence-corrected chi connectivity index (χ3v) is 4.44. The van der Waals surface area contributed by atoms with E-state index in [1.54, 1.807) is 6.07 Å². The van der Waals surface area contributed by atoms with E-state index in [2.05, 4.69) is 48.0 Å². The van der Waals surface area contributed by atoms with E-state index in [4.69, 9.17) is 5.26 Å². The number of anilines is 1. The van der Waals surface area contributed by atoms with Gasteiger partial charge in [0.1, 0.15) is 11.9 Å². The first-order valence-corrected chi connectivity index (χ1v) is 8.40. The van der Waals surface area contributed by atoms with Gasteiger partial charge in [0, 0.05) is 18.7 Å². The molecule has 0 spiro atoms. The minimum absolute atomic E-state index is 0.136. The number of nitriles is 1. The van der Waals surface area contributed by atoms with Crippen molar-refractivity contribution >= 4 is 11.5 Å². The molecule has 6 heteroatoms. The van der Waals surface area contributed by atoms with E-state index in [1.807, 2.05) is 6.07 Å². The predicted molar refractivity (Wildman–Crippen MR) is 95.3 cm³/mol. The van der Waals surface area contributed by atoms with Crippen LogP contribution in [0.25, 0.3) is 0 Å². The number of hydrogen-bond acceptors (Lipinski definition) is 5. The average molecular weight is 336 g/mol. The Morgan fingerprint density at radius 1 is 1.28 bits per heavy atom. The van der Waals surface area contributed by atoms with Crippen LogP contribution in [0.5, 0.6) is 0 Å². The van der Waals surface area contributed by atoms with Crippen LogP contribution >= 0.6 is 0 Å². The molecule has 1 aromatic carbocycles. The van der Waals surface area contributed by atoms with Gasteiger partial charge in [-0.25, -0.2) is 4.98 Å². The number of aromatic nitrogens is 1. The second-order valence-electron chi connectivity index (χ2n) is 6.66. The molecular formula is C19H20N4O2. The molecule has 6 nitrogen and oxygen atoms in total. The second-order valence-corrected chi connectivity index (χ2v) is 6.66. The lowest BCUT2D eigenvalue weighted by Crippen LogP contribution is -2.26. The summed E-state index contributed by atoms with van der Waals surface area (Å²) in [5.74, 6) is 1.11. The van der Waals surface area contributed by atoms with Crippen LogP contribution in [0.1, 0.15) is 49.4 Å². The van der Waals surface area contributed by atoms with Crippen molar-refractivity contribution in [3.05, 3.63) is 63.3 Å². The van der Waals surface area contributed by atoms with Crippen LogP contribution in [0, 0.1) is 21.4 Å². The Hall–Kier alpha value is -2.94. The van der Waals surface area contributed by atoms with Gasteiger partial charge in [0.05, 0.1) is 4.92 Å². The van der Waals surface area contributed by atoms with Gasteiger partial charge in [-0.3, -0.25) is 10.1 Å². The summed E-state index contributed by atoms with van der Waals surface area (Å²) in [5.41, 5.74) is 2.07. The molecule has 0 amide bonds. The van der Waals surface area contributed by atoms with Crippen molar-refractivity contribution in [1.82, 2.24) is 4.98 Å². The fourth-order valence-electron chi connectivity index (χ4n) is 2.82. The molecule has 1 aliphatic carbocycles. The molecule has 0 unspecified atom stereocenters. The summed E-state index contributed by atoms with van der Waals surface area (Å²) >= 11 is 0. The van der Waals surface area contributed by atoms with Crippen molar-refractivity contribution < 1.29 is 4.92 Å². The molecule has 1 saturated carbocycles. The van der Waals surface area contributed by atoms with Crippen LogP contribution in [0.15, 0.2) is 36.4 Å². The number of hydrogen-bond donors (Lipinski definition) is 0. The number of nitrogens with zero attached hydrogens (tertiary/aromatic N) is 4. The molecule has 0 saturated heterocycles. The summed E-state index contributed by atoms with van der Waals surface area (Å²) in [7, 11) is 0. The van der Waals surface area contributed by atoms with Crippen molar-refractivity contribution in [1.29, 1.82) is 5.26 Å². The van der Waals surface area contributed by atoms with Crippen molar-refractivity contribution in [2.75, 3.05) is 4.90 Å². The Morgan fingerprint density at radius 3 is 2.48 bits per heavy atom. The fourth-order valence-corrected chi connectivity index (χ4v) is 2.82. The van der Waals surface area contributed by atoms with Gasteiger partial charge in [-0.05, 0) is 36.0 Å². The highest BCUT2D eigenvalue weighted by molar-refractivity contribution is 5.53. The highest BCUT2D eigenvalue weighted by Gasteiger charge is 2.31. The van der Waals surface area contributed by atoms with Gasteiger partial charge in [0.2, 0.25) is 5.69 Å². The zero-order valence-electron chi connectivity index (χ0n) is 14.3. The van der Waals surface area contributed by atoms with E-state index in [0.717, 1.165) is 18.4 Å². The van der Waals surface area contributed by atoms with E-state index < -0.39 is 4.92 Å². The minimum Gasteiger partial charge on any atom is -0.349 e. The summed E-state index contributed by atoms with van der Waals surface area (Å²) in [6, 6.07) is 13.7. The molecular weight excluding hydrogens is 316 g/mol. The molecule has 0 N–H and O–H groups in total. The summed E-state index contributed by atoms with van der Waals surface area (Å²) in [6.07, 6.45) is 2.15. The van der Waals surface area contributed by atoms with E-state index in [1.165, 1.54) is 11.6 Å². The van der Waals surface area contributed by atoms with Crippen LogP contribution in [0.4, 0.5) is 11.5 Å². The van der Waals surface area contributed by atoms with Gasteiger partial charge in [-0.1, -0.05) is 38.1 Å². The summed E-state index contributed by atoms with van der Waals surface area (Å²) in [5, 5.41) is 20.2. The van der Waals surface area contributed by atoms with Crippen LogP contribution in [-0.4, -0.2) is 15.9 Å². The molecule has 1 fully saturated rings. The van der Waals surface area contributed by atoms with Gasteiger partial charge in [0.25, 0.3) is 0 Å². The zero-order chi connectivity index (χ0) is 18.0. The molecule has 25 heavy (non-hydrogen) atoms. The maximum absolute atomic E-state index is 11.0. The van der Waals surface area contributed by atoms with Crippen LogP contribution in [0.3, 0.4) is 0 Å². The van der Waals surface area contributed by atoms with Crippen molar-refractivity contribution in [3.8, 4) is 6.07 Å².